The lowest BCUT2D eigenvalue weighted by Crippen LogP contribution is -2.48. The van der Waals surface area contributed by atoms with Gasteiger partial charge in [0.05, 0.1) is 31.4 Å². The second-order valence-electron chi connectivity index (χ2n) is 9.20. The van der Waals surface area contributed by atoms with Gasteiger partial charge in [-0.2, -0.15) is 0 Å². The van der Waals surface area contributed by atoms with Gasteiger partial charge in [0, 0.05) is 19.6 Å². The standard InChI is InChI=1S/C28H40N4O4/c1-3-10-32(11-4-2)28(36)18-23-13-21(16-26(30)34)12-22(14-23)17-27(35)31-24(25(33)19-29)15-20-8-6-5-7-9-20/h5-9,12-14,24-25,33H,3-4,10-11,15-19,29H2,1-2H3,(H2,30,34)(H,31,35)/t24-,25+/m0/s1. The van der Waals surface area contributed by atoms with E-state index >= 15 is 0 Å². The number of hydrogen-bond donors (Lipinski definition) is 4. The second kappa shape index (κ2) is 15.0. The molecule has 0 heterocycles. The van der Waals surface area contributed by atoms with Crippen molar-refractivity contribution in [2.75, 3.05) is 19.6 Å². The van der Waals surface area contributed by atoms with Gasteiger partial charge in [-0.3, -0.25) is 14.4 Å². The number of nitrogens with two attached hydrogens (primary N) is 2. The SMILES string of the molecule is CCCN(CCC)C(=O)Cc1cc(CC(N)=O)cc(CC(=O)N[C@@H](Cc2ccccc2)[C@H](O)CN)c1. The molecule has 0 aliphatic heterocycles. The third kappa shape index (κ3) is 9.79. The second-order valence-corrected chi connectivity index (χ2v) is 9.20. The van der Waals surface area contributed by atoms with Crippen molar-refractivity contribution in [3.05, 3.63) is 70.8 Å². The van der Waals surface area contributed by atoms with E-state index in [1.165, 1.54) is 0 Å². The Hall–Kier alpha value is -3.23. The summed E-state index contributed by atoms with van der Waals surface area (Å²) < 4.78 is 0. The minimum absolute atomic E-state index is 0.0133. The van der Waals surface area contributed by atoms with Crippen LogP contribution in [0.2, 0.25) is 0 Å². The number of nitrogens with one attached hydrogen (secondary N) is 1. The van der Waals surface area contributed by atoms with Crippen LogP contribution in [0, 0.1) is 0 Å². The first-order chi connectivity index (χ1) is 17.2. The number of benzene rings is 2. The Bertz CT molecular complexity index is 990. The average Bonchev–Trinajstić information content (AvgIpc) is 2.83. The molecule has 2 aromatic carbocycles. The molecule has 0 aliphatic rings. The van der Waals surface area contributed by atoms with Gasteiger partial charge in [0.15, 0.2) is 0 Å². The van der Waals surface area contributed by atoms with E-state index in [0.717, 1.165) is 24.0 Å². The van der Waals surface area contributed by atoms with Crippen LogP contribution in [0.5, 0.6) is 0 Å². The van der Waals surface area contributed by atoms with Crippen LogP contribution in [0.15, 0.2) is 48.5 Å². The third-order valence-electron chi connectivity index (χ3n) is 5.90. The monoisotopic (exact) mass is 496 g/mol. The minimum atomic E-state index is -0.897. The maximum atomic E-state index is 12.9. The number of carbonyl (C=O) groups is 3. The molecule has 0 unspecified atom stereocenters. The van der Waals surface area contributed by atoms with E-state index in [4.69, 9.17) is 11.5 Å². The van der Waals surface area contributed by atoms with Crippen LogP contribution in [0.4, 0.5) is 0 Å². The fourth-order valence-electron chi connectivity index (χ4n) is 4.29. The molecule has 6 N–H and O–H groups in total. The molecular weight excluding hydrogens is 456 g/mol. The summed E-state index contributed by atoms with van der Waals surface area (Å²) in [7, 11) is 0. The molecule has 36 heavy (non-hydrogen) atoms. The molecule has 0 aromatic heterocycles. The summed E-state index contributed by atoms with van der Waals surface area (Å²) in [6.07, 6.45) is 1.53. The molecule has 2 rings (SSSR count). The third-order valence-corrected chi connectivity index (χ3v) is 5.90. The number of carbonyl (C=O) groups excluding carboxylic acids is 3. The molecule has 0 spiro atoms. The van der Waals surface area contributed by atoms with Crippen LogP contribution in [0.25, 0.3) is 0 Å². The van der Waals surface area contributed by atoms with Crippen molar-refractivity contribution in [1.29, 1.82) is 0 Å². The zero-order chi connectivity index (χ0) is 26.5. The highest BCUT2D eigenvalue weighted by molar-refractivity contribution is 5.81. The number of aliphatic hydroxyl groups is 1. The van der Waals surface area contributed by atoms with Crippen LogP contribution in [0.1, 0.15) is 48.9 Å². The van der Waals surface area contributed by atoms with Gasteiger partial charge in [-0.15, -0.1) is 0 Å². The van der Waals surface area contributed by atoms with Crippen molar-refractivity contribution < 1.29 is 19.5 Å². The van der Waals surface area contributed by atoms with Crippen molar-refractivity contribution >= 4 is 17.7 Å². The number of amides is 3. The van der Waals surface area contributed by atoms with Gasteiger partial charge in [-0.05, 0) is 41.5 Å². The quantitative estimate of drug-likeness (QED) is 0.296. The predicted octanol–water partition coefficient (Wildman–Crippen LogP) is 1.50. The normalized spacial score (nSPS) is 12.6. The highest BCUT2D eigenvalue weighted by atomic mass is 16.3. The summed E-state index contributed by atoms with van der Waals surface area (Å²) in [6, 6.07) is 14.4. The molecule has 8 heteroatoms. The first-order valence-corrected chi connectivity index (χ1v) is 12.6. The van der Waals surface area contributed by atoms with E-state index in [-0.39, 0.29) is 37.6 Å². The zero-order valence-electron chi connectivity index (χ0n) is 21.4. The Kier molecular flexibility index (Phi) is 12.1. The van der Waals surface area contributed by atoms with Gasteiger partial charge < -0.3 is 26.8 Å². The zero-order valence-corrected chi connectivity index (χ0v) is 21.4. The van der Waals surface area contributed by atoms with Gasteiger partial charge in [-0.1, -0.05) is 62.4 Å². The number of hydrogen-bond acceptors (Lipinski definition) is 5. The van der Waals surface area contributed by atoms with Gasteiger partial charge in [0.1, 0.15) is 0 Å². The van der Waals surface area contributed by atoms with Crippen molar-refractivity contribution in [1.82, 2.24) is 10.2 Å². The lowest BCUT2D eigenvalue weighted by molar-refractivity contribution is -0.130. The molecule has 0 radical (unpaired) electrons. The Morgan fingerprint density at radius 3 is 1.97 bits per heavy atom. The molecular formula is C28H40N4O4. The highest BCUT2D eigenvalue weighted by Gasteiger charge is 2.21. The largest absolute Gasteiger partial charge is 0.390 e. The number of primary amides is 1. The molecule has 196 valence electrons. The number of aliphatic hydroxyl groups excluding tert-OH is 1. The molecule has 8 nitrogen and oxygen atoms in total. The molecule has 0 saturated heterocycles. The fourth-order valence-corrected chi connectivity index (χ4v) is 4.29. The molecule has 0 fully saturated rings. The average molecular weight is 497 g/mol. The molecule has 0 bridgehead atoms. The van der Waals surface area contributed by atoms with Crippen LogP contribution in [-0.2, 0) is 40.1 Å². The van der Waals surface area contributed by atoms with E-state index < -0.39 is 18.1 Å². The Balaban J connectivity index is 2.19. The molecule has 0 saturated carbocycles. The topological polar surface area (TPSA) is 139 Å². The van der Waals surface area contributed by atoms with Gasteiger partial charge in [0.2, 0.25) is 17.7 Å². The predicted molar refractivity (Wildman–Crippen MR) is 141 cm³/mol. The van der Waals surface area contributed by atoms with Crippen LogP contribution in [-0.4, -0.2) is 59.5 Å². The minimum Gasteiger partial charge on any atom is -0.390 e. The van der Waals surface area contributed by atoms with Gasteiger partial charge in [0.25, 0.3) is 0 Å². The van der Waals surface area contributed by atoms with Crippen molar-refractivity contribution in [3.8, 4) is 0 Å². The van der Waals surface area contributed by atoms with E-state index in [9.17, 15) is 19.5 Å². The van der Waals surface area contributed by atoms with Gasteiger partial charge >= 0.3 is 0 Å². The smallest absolute Gasteiger partial charge is 0.226 e. The van der Waals surface area contributed by atoms with Gasteiger partial charge in [-0.25, -0.2) is 0 Å². The van der Waals surface area contributed by atoms with Crippen LogP contribution in [0.3, 0.4) is 0 Å². The Morgan fingerprint density at radius 2 is 1.44 bits per heavy atom. The summed E-state index contributed by atoms with van der Waals surface area (Å²) in [5.41, 5.74) is 14.1. The summed E-state index contributed by atoms with van der Waals surface area (Å²) in [6.45, 7) is 5.47. The lowest BCUT2D eigenvalue weighted by atomic mass is 9.98. The molecule has 2 aromatic rings. The number of rotatable bonds is 15. The fraction of sp³-hybridized carbons (Fsp3) is 0.464. The Morgan fingerprint density at radius 1 is 0.889 bits per heavy atom. The van der Waals surface area contributed by atoms with Crippen LogP contribution >= 0.6 is 0 Å². The molecule has 3 amide bonds. The maximum Gasteiger partial charge on any atom is 0.226 e. The molecule has 0 aliphatic carbocycles. The lowest BCUT2D eigenvalue weighted by Gasteiger charge is -2.24. The Labute approximate surface area is 214 Å². The number of nitrogens with zero attached hydrogens (tertiary/aromatic N) is 1. The van der Waals surface area contributed by atoms with Crippen LogP contribution < -0.4 is 16.8 Å². The van der Waals surface area contributed by atoms with Crippen molar-refractivity contribution in [2.24, 2.45) is 11.5 Å². The highest BCUT2D eigenvalue weighted by Crippen LogP contribution is 2.15. The first-order valence-electron chi connectivity index (χ1n) is 12.6. The summed E-state index contributed by atoms with van der Waals surface area (Å²) in [5, 5.41) is 13.3. The van der Waals surface area contributed by atoms with E-state index in [1.54, 1.807) is 12.1 Å². The molecule has 2 atom stereocenters. The maximum absolute atomic E-state index is 12.9. The summed E-state index contributed by atoms with van der Waals surface area (Å²) in [5.74, 6) is -0.753. The summed E-state index contributed by atoms with van der Waals surface area (Å²) in [4.78, 5) is 39.3. The van der Waals surface area contributed by atoms with Crippen molar-refractivity contribution in [2.45, 2.75) is 64.5 Å². The summed E-state index contributed by atoms with van der Waals surface area (Å²) >= 11 is 0. The van der Waals surface area contributed by atoms with E-state index in [2.05, 4.69) is 5.32 Å². The van der Waals surface area contributed by atoms with Crippen molar-refractivity contribution in [3.63, 3.8) is 0 Å². The first kappa shape index (κ1) is 29.0. The van der Waals surface area contributed by atoms with E-state index in [1.807, 2.05) is 55.1 Å². The van der Waals surface area contributed by atoms with E-state index in [0.29, 0.717) is 30.6 Å².